The second kappa shape index (κ2) is 8.79. The van der Waals surface area contributed by atoms with Gasteiger partial charge in [-0.1, -0.05) is 52.0 Å². The highest BCUT2D eigenvalue weighted by Gasteiger charge is 2.27. The Morgan fingerprint density at radius 1 is 0.586 bits per heavy atom. The van der Waals surface area contributed by atoms with Gasteiger partial charge in [-0.25, -0.2) is 0 Å². The molecule has 3 nitrogen and oxygen atoms in total. The van der Waals surface area contributed by atoms with Crippen LogP contribution in [0.3, 0.4) is 0 Å². The van der Waals surface area contributed by atoms with E-state index in [1.807, 2.05) is 0 Å². The third kappa shape index (κ3) is 5.14. The summed E-state index contributed by atoms with van der Waals surface area (Å²) in [6, 6.07) is 8.88. The third-order valence-corrected chi connectivity index (χ3v) is 5.82. The van der Waals surface area contributed by atoms with Gasteiger partial charge in [0.05, 0.1) is 27.4 Å². The van der Waals surface area contributed by atoms with Gasteiger partial charge in [-0.15, -0.1) is 0 Å². The predicted octanol–water partition coefficient (Wildman–Crippen LogP) is 6.21. The summed E-state index contributed by atoms with van der Waals surface area (Å²) in [6.45, 7) is 18.7. The summed E-state index contributed by atoms with van der Waals surface area (Å²) in [6.07, 6.45) is 0. The van der Waals surface area contributed by atoms with Crippen LogP contribution in [0.1, 0.15) is 61.1 Å². The van der Waals surface area contributed by atoms with Gasteiger partial charge < -0.3 is 14.2 Å². The Balaban J connectivity index is 2.13. The van der Waals surface area contributed by atoms with Crippen molar-refractivity contribution in [2.75, 3.05) is 27.4 Å². The summed E-state index contributed by atoms with van der Waals surface area (Å²) >= 11 is 0. The summed E-state index contributed by atoms with van der Waals surface area (Å²) < 4.78 is 17.3. The molecule has 0 amide bonds. The fourth-order valence-corrected chi connectivity index (χ4v) is 4.05. The summed E-state index contributed by atoms with van der Waals surface area (Å²) in [4.78, 5) is 0. The largest absolute Gasteiger partial charge is 0.496 e. The number of methoxy groups -OCH3 is 2. The zero-order valence-electron chi connectivity index (χ0n) is 19.9. The lowest BCUT2D eigenvalue weighted by Gasteiger charge is -2.31. The van der Waals surface area contributed by atoms with Crippen LogP contribution in [0.4, 0.5) is 0 Å². The monoisotopic (exact) mass is 398 g/mol. The van der Waals surface area contributed by atoms with E-state index in [0.717, 1.165) is 11.5 Å². The first-order valence-electron chi connectivity index (χ1n) is 10.3. The summed E-state index contributed by atoms with van der Waals surface area (Å²) in [5.41, 5.74) is 7.07. The van der Waals surface area contributed by atoms with Crippen molar-refractivity contribution < 1.29 is 14.2 Å². The standard InChI is InChI=1S/C26H38O3/c1-17-11-21(12-18(2)23(17)27-9)25(5,6)15-29-16-26(7,8)22-13-19(3)24(28-10)20(4)14-22/h11-14H,15-16H2,1-10H3. The zero-order valence-corrected chi connectivity index (χ0v) is 19.9. The molecule has 2 rings (SSSR count). The van der Waals surface area contributed by atoms with Gasteiger partial charge in [0.25, 0.3) is 0 Å². The van der Waals surface area contributed by atoms with E-state index in [1.165, 1.54) is 33.4 Å². The molecule has 0 radical (unpaired) electrons. The van der Waals surface area contributed by atoms with Gasteiger partial charge in [-0.3, -0.25) is 0 Å². The molecule has 0 bridgehead atoms. The van der Waals surface area contributed by atoms with Crippen LogP contribution in [0.25, 0.3) is 0 Å². The molecule has 0 N–H and O–H groups in total. The van der Waals surface area contributed by atoms with Crippen molar-refractivity contribution in [3.8, 4) is 11.5 Å². The maximum atomic E-state index is 6.28. The maximum absolute atomic E-state index is 6.28. The van der Waals surface area contributed by atoms with Crippen LogP contribution in [-0.2, 0) is 15.6 Å². The molecule has 0 aliphatic carbocycles. The molecule has 0 saturated carbocycles. The van der Waals surface area contributed by atoms with Crippen LogP contribution in [-0.4, -0.2) is 27.4 Å². The highest BCUT2D eigenvalue weighted by Crippen LogP contribution is 2.34. The first kappa shape index (κ1) is 23.3. The molecular weight excluding hydrogens is 360 g/mol. The van der Waals surface area contributed by atoms with E-state index < -0.39 is 0 Å². The van der Waals surface area contributed by atoms with Crippen LogP contribution < -0.4 is 9.47 Å². The van der Waals surface area contributed by atoms with Gasteiger partial charge >= 0.3 is 0 Å². The Labute approximate surface area is 177 Å². The van der Waals surface area contributed by atoms with E-state index in [2.05, 4.69) is 79.7 Å². The molecule has 0 saturated heterocycles. The average Bonchev–Trinajstić information content (AvgIpc) is 2.60. The number of hydrogen-bond acceptors (Lipinski definition) is 3. The number of aryl methyl sites for hydroxylation is 4. The van der Waals surface area contributed by atoms with Crippen molar-refractivity contribution in [1.29, 1.82) is 0 Å². The highest BCUT2D eigenvalue weighted by atomic mass is 16.5. The lowest BCUT2D eigenvalue weighted by Crippen LogP contribution is -2.30. The van der Waals surface area contributed by atoms with E-state index in [4.69, 9.17) is 14.2 Å². The van der Waals surface area contributed by atoms with Crippen molar-refractivity contribution >= 4 is 0 Å². The first-order valence-corrected chi connectivity index (χ1v) is 10.3. The van der Waals surface area contributed by atoms with Crippen molar-refractivity contribution in [2.45, 2.75) is 66.2 Å². The smallest absolute Gasteiger partial charge is 0.124 e. The Hall–Kier alpha value is -2.00. The highest BCUT2D eigenvalue weighted by molar-refractivity contribution is 5.46. The normalized spacial score (nSPS) is 12.2. The van der Waals surface area contributed by atoms with E-state index >= 15 is 0 Å². The minimum atomic E-state index is -0.0797. The molecule has 0 aliphatic rings. The van der Waals surface area contributed by atoms with Crippen molar-refractivity contribution in [1.82, 2.24) is 0 Å². The molecule has 2 aromatic rings. The Morgan fingerprint density at radius 3 is 1.10 bits per heavy atom. The first-order chi connectivity index (χ1) is 13.4. The molecule has 160 valence electrons. The molecule has 0 heterocycles. The molecule has 2 aromatic carbocycles. The minimum absolute atomic E-state index is 0.0797. The van der Waals surface area contributed by atoms with Crippen molar-refractivity contribution in [3.63, 3.8) is 0 Å². The lowest BCUT2D eigenvalue weighted by molar-refractivity contribution is 0.0633. The van der Waals surface area contributed by atoms with E-state index in [9.17, 15) is 0 Å². The molecule has 0 unspecified atom stereocenters. The molecule has 0 aromatic heterocycles. The van der Waals surface area contributed by atoms with Crippen molar-refractivity contribution in [2.24, 2.45) is 0 Å². The minimum Gasteiger partial charge on any atom is -0.496 e. The third-order valence-electron chi connectivity index (χ3n) is 5.82. The van der Waals surface area contributed by atoms with Crippen LogP contribution in [0.2, 0.25) is 0 Å². The van der Waals surface area contributed by atoms with E-state index in [1.54, 1.807) is 14.2 Å². The summed E-state index contributed by atoms with van der Waals surface area (Å²) in [5, 5.41) is 0. The molecule has 0 spiro atoms. The molecule has 0 fully saturated rings. The number of ether oxygens (including phenoxy) is 3. The lowest BCUT2D eigenvalue weighted by atomic mass is 9.82. The van der Waals surface area contributed by atoms with Gasteiger partial charge in [-0.05, 0) is 61.1 Å². The Kier molecular flexibility index (Phi) is 7.06. The zero-order chi connectivity index (χ0) is 22.0. The molecule has 3 heteroatoms. The van der Waals surface area contributed by atoms with Crippen LogP contribution in [0.5, 0.6) is 11.5 Å². The van der Waals surface area contributed by atoms with Gasteiger partial charge in [0.1, 0.15) is 11.5 Å². The quantitative estimate of drug-likeness (QED) is 0.529. The summed E-state index contributed by atoms with van der Waals surface area (Å²) in [5.74, 6) is 1.94. The van der Waals surface area contributed by atoms with Crippen molar-refractivity contribution in [3.05, 3.63) is 57.6 Å². The van der Waals surface area contributed by atoms with Gasteiger partial charge in [0, 0.05) is 10.8 Å². The molecule has 0 aliphatic heterocycles. The predicted molar refractivity (Wildman–Crippen MR) is 122 cm³/mol. The van der Waals surface area contributed by atoms with Gasteiger partial charge in [-0.2, -0.15) is 0 Å². The van der Waals surface area contributed by atoms with Gasteiger partial charge in [0.15, 0.2) is 0 Å². The second-order valence-corrected chi connectivity index (χ2v) is 9.55. The van der Waals surface area contributed by atoms with Gasteiger partial charge in [0.2, 0.25) is 0 Å². The Morgan fingerprint density at radius 2 is 0.862 bits per heavy atom. The average molecular weight is 399 g/mol. The number of rotatable bonds is 8. The second-order valence-electron chi connectivity index (χ2n) is 9.55. The number of hydrogen-bond donors (Lipinski definition) is 0. The fraction of sp³-hybridized carbons (Fsp3) is 0.538. The maximum Gasteiger partial charge on any atom is 0.124 e. The number of benzene rings is 2. The topological polar surface area (TPSA) is 27.7 Å². The fourth-order valence-electron chi connectivity index (χ4n) is 4.05. The molecule has 29 heavy (non-hydrogen) atoms. The van der Waals surface area contributed by atoms with Crippen LogP contribution in [0, 0.1) is 27.7 Å². The van der Waals surface area contributed by atoms with E-state index in [-0.39, 0.29) is 10.8 Å². The Bertz CT molecular complexity index is 745. The van der Waals surface area contributed by atoms with E-state index in [0.29, 0.717) is 13.2 Å². The SMILES string of the molecule is COc1c(C)cc(C(C)(C)COCC(C)(C)c2cc(C)c(OC)c(C)c2)cc1C. The molecule has 0 atom stereocenters. The molecular formula is C26H38O3. The van der Waals surface area contributed by atoms with Crippen LogP contribution in [0.15, 0.2) is 24.3 Å². The summed E-state index contributed by atoms with van der Waals surface area (Å²) in [7, 11) is 3.46. The van der Waals surface area contributed by atoms with Crippen LogP contribution >= 0.6 is 0 Å².